The van der Waals surface area contributed by atoms with Gasteiger partial charge in [-0.1, -0.05) is 42.5 Å². The van der Waals surface area contributed by atoms with Crippen molar-refractivity contribution < 1.29 is 111 Å². The number of para-hydroxylation sites is 1. The van der Waals surface area contributed by atoms with Crippen molar-refractivity contribution in [2.45, 2.75) is 6.54 Å². The Hall–Kier alpha value is -7.54. The van der Waals surface area contributed by atoms with E-state index >= 15 is 35.1 Å². The third-order valence-electron chi connectivity index (χ3n) is 10.4. The quantitative estimate of drug-likeness (QED) is 0.0276. The lowest BCUT2D eigenvalue weighted by Crippen LogP contribution is -2.81. The molecule has 1 aromatic heterocycles. The minimum absolute atomic E-state index is 0.0396. The standard InChI is InChI=1S/C24BF20.C19H15FNO3/c26-5-1(6(27)14(35)21(42)13(5)34)25(2-7(28)15(36)22(43)16(37)8(2)29,3-9(30)17(38)23(44)18(39)10(3)31)4-11(32)19(40)24(45)20(41)12(4)33;20-13-24-19(23)17-11-10-14-6-4-5-9-16(14)21(17)12-18(22)15-7-2-1-3-8-15/h;1-11H,12-13H2/q-1;+1. The maximum Gasteiger partial charge on any atom is 0.406 e. The maximum atomic E-state index is 15.4. The molecule has 0 atom stereocenters. The molecule has 0 fully saturated rings. The second-order valence-corrected chi connectivity index (χ2v) is 14.0. The molecule has 1 heterocycles. The molecule has 0 unspecified atom stereocenters. The number of pyridine rings is 1. The number of ketones is 1. The van der Waals surface area contributed by atoms with Crippen LogP contribution in [0, 0.1) is 116 Å². The number of ether oxygens (including phenoxy) is 1. The number of halogens is 21. The largest absolute Gasteiger partial charge is 0.426 e. The number of carbonyl (C=O) groups is 2. The van der Waals surface area contributed by atoms with E-state index in [1.54, 1.807) is 47.0 Å². The summed E-state index contributed by atoms with van der Waals surface area (Å²) < 4.78 is 312. The molecule has 0 saturated heterocycles. The highest BCUT2D eigenvalue weighted by Crippen LogP contribution is 2.31. The van der Waals surface area contributed by atoms with Crippen LogP contribution in [0.15, 0.2) is 66.7 Å². The molecule has 7 rings (SSSR count). The third kappa shape index (κ3) is 8.13. The molecule has 0 aliphatic carbocycles. The Balaban J connectivity index is 0.000000273. The van der Waals surface area contributed by atoms with Crippen LogP contribution in [0.4, 0.5) is 92.2 Å². The minimum atomic E-state index is -7.22. The highest BCUT2D eigenvalue weighted by molar-refractivity contribution is 7.20. The number of hydrogen-bond acceptors (Lipinski definition) is 3. The highest BCUT2D eigenvalue weighted by atomic mass is 19.2. The molecule has 0 saturated carbocycles. The van der Waals surface area contributed by atoms with E-state index in [-0.39, 0.29) is 18.0 Å². The van der Waals surface area contributed by atoms with E-state index in [0.29, 0.717) is 11.1 Å². The predicted molar refractivity (Wildman–Crippen MR) is 196 cm³/mol. The first-order chi connectivity index (χ1) is 32.4. The highest BCUT2D eigenvalue weighted by Gasteiger charge is 2.52. The number of carbonyl (C=O) groups excluding carboxylic acids is 2. The molecule has 7 aromatic rings. The molecule has 69 heavy (non-hydrogen) atoms. The van der Waals surface area contributed by atoms with Gasteiger partial charge in [-0.2, -0.15) is 4.57 Å². The summed E-state index contributed by atoms with van der Waals surface area (Å²) in [4.78, 5) is 24.6. The van der Waals surface area contributed by atoms with Gasteiger partial charge in [0.1, 0.15) is 52.7 Å². The molecule has 0 N–H and O–H groups in total. The van der Waals surface area contributed by atoms with Crippen molar-refractivity contribution in [2.75, 3.05) is 6.86 Å². The Morgan fingerprint density at radius 1 is 0.391 bits per heavy atom. The van der Waals surface area contributed by atoms with Gasteiger partial charge < -0.3 is 4.74 Å². The van der Waals surface area contributed by atoms with Crippen LogP contribution >= 0.6 is 0 Å². The summed E-state index contributed by atoms with van der Waals surface area (Å²) >= 11 is 0. The SMILES string of the molecule is Fc1c(F)c(F)c([B-](c2c(F)c(F)c(F)c(F)c2F)(c2c(F)c(F)c(F)c(F)c2F)c2c(F)c(F)c(F)c(F)c2F)c(F)c1F.O=C(C[n+]1c(C(=O)OCF)ccc2ccccc21)c1ccccc1. The predicted octanol–water partition coefficient (Wildman–Crippen LogP) is 8.94. The number of benzene rings is 6. The number of alkyl halides is 1. The lowest BCUT2D eigenvalue weighted by atomic mass is 9.12. The summed E-state index contributed by atoms with van der Waals surface area (Å²) in [6.07, 6.45) is -7.22. The summed E-state index contributed by atoms with van der Waals surface area (Å²) in [5.41, 5.74) is -12.9. The van der Waals surface area contributed by atoms with Gasteiger partial charge in [-0.05, 0) is 12.1 Å². The zero-order valence-corrected chi connectivity index (χ0v) is 33.0. The molecule has 360 valence electrons. The fraction of sp³-hybridized carbons (Fsp3) is 0.0465. The molecule has 0 bridgehead atoms. The lowest BCUT2D eigenvalue weighted by Gasteiger charge is -2.44. The number of aromatic nitrogens is 1. The molecule has 0 aliphatic heterocycles. The van der Waals surface area contributed by atoms with Gasteiger partial charge >= 0.3 is 5.97 Å². The first-order valence-corrected chi connectivity index (χ1v) is 18.4. The third-order valence-corrected chi connectivity index (χ3v) is 10.4. The van der Waals surface area contributed by atoms with Gasteiger partial charge in [0.15, 0.2) is 69.8 Å². The van der Waals surface area contributed by atoms with Crippen molar-refractivity contribution in [2.24, 2.45) is 0 Å². The van der Waals surface area contributed by atoms with Crippen LogP contribution in [0.1, 0.15) is 20.8 Å². The Kier molecular flexibility index (Phi) is 14.2. The number of hydrogen-bond donors (Lipinski definition) is 0. The van der Waals surface area contributed by atoms with E-state index in [1.165, 1.54) is 0 Å². The molecule has 26 heteroatoms. The average molecular weight is 1000 g/mol. The van der Waals surface area contributed by atoms with Crippen molar-refractivity contribution in [1.29, 1.82) is 0 Å². The van der Waals surface area contributed by atoms with E-state index in [0.717, 1.165) is 5.39 Å². The van der Waals surface area contributed by atoms with Crippen molar-refractivity contribution in [3.63, 3.8) is 0 Å². The summed E-state index contributed by atoms with van der Waals surface area (Å²) in [6, 6.07) is 19.5. The van der Waals surface area contributed by atoms with Crippen LogP contribution in [0.3, 0.4) is 0 Å². The van der Waals surface area contributed by atoms with Crippen LogP contribution in [-0.2, 0) is 11.3 Å². The fourth-order valence-electron chi connectivity index (χ4n) is 7.47. The molecule has 4 nitrogen and oxygen atoms in total. The Morgan fingerprint density at radius 3 is 1.03 bits per heavy atom. The van der Waals surface area contributed by atoms with Crippen LogP contribution in [0.25, 0.3) is 10.9 Å². The van der Waals surface area contributed by atoms with Crippen LogP contribution in [0.2, 0.25) is 0 Å². The molecule has 0 spiro atoms. The van der Waals surface area contributed by atoms with Crippen molar-refractivity contribution in [3.05, 3.63) is 194 Å². The Labute approximate surface area is 369 Å². The number of Topliss-reactive ketones (excluding diaryl/α,β-unsaturated/α-hetero) is 1. The van der Waals surface area contributed by atoms with Crippen molar-refractivity contribution in [3.8, 4) is 0 Å². The van der Waals surface area contributed by atoms with Gasteiger partial charge in [-0.15, -0.1) is 21.9 Å². The summed E-state index contributed by atoms with van der Waals surface area (Å²) in [5, 5.41) is 0.871. The van der Waals surface area contributed by atoms with E-state index in [4.69, 9.17) is 0 Å². The van der Waals surface area contributed by atoms with Gasteiger partial charge in [0.25, 0.3) is 5.69 Å². The number of nitrogens with zero attached hydrogens (tertiary/aromatic N) is 1. The van der Waals surface area contributed by atoms with E-state index < -0.39 is 157 Å². The average Bonchev–Trinajstić information content (AvgIpc) is 3.34. The van der Waals surface area contributed by atoms with Gasteiger partial charge in [0, 0.05) is 23.1 Å². The lowest BCUT2D eigenvalue weighted by molar-refractivity contribution is -0.659. The van der Waals surface area contributed by atoms with Crippen LogP contribution in [0.5, 0.6) is 0 Å². The Morgan fingerprint density at radius 2 is 0.696 bits per heavy atom. The minimum Gasteiger partial charge on any atom is -0.426 e. The Bertz CT molecular complexity index is 2880. The van der Waals surface area contributed by atoms with Gasteiger partial charge in [-0.25, -0.2) is 97.0 Å². The molecule has 6 aromatic carbocycles. The monoisotopic (exact) mass is 1000 g/mol. The number of fused-ring (bicyclic) bond motifs is 1. The number of rotatable bonds is 9. The first kappa shape index (κ1) is 50.9. The topological polar surface area (TPSA) is 47.2 Å². The maximum absolute atomic E-state index is 15.4. The summed E-state index contributed by atoms with van der Waals surface area (Å²) in [5.74, 6) is -72.4. The van der Waals surface area contributed by atoms with Crippen molar-refractivity contribution >= 4 is 50.7 Å². The van der Waals surface area contributed by atoms with Crippen molar-refractivity contribution in [1.82, 2.24) is 0 Å². The molecular weight excluding hydrogens is 988 g/mol. The van der Waals surface area contributed by atoms with Gasteiger partial charge in [-0.3, -0.25) is 4.79 Å². The second-order valence-electron chi connectivity index (χ2n) is 14.0. The zero-order chi connectivity index (χ0) is 51.3. The van der Waals surface area contributed by atoms with Gasteiger partial charge in [0.05, 0.1) is 0 Å². The van der Waals surface area contributed by atoms with Crippen LogP contribution in [-0.4, -0.2) is 24.8 Å². The summed E-state index contributed by atoms with van der Waals surface area (Å²) in [7, 11) is 0. The van der Waals surface area contributed by atoms with E-state index in [9.17, 15) is 66.7 Å². The summed E-state index contributed by atoms with van der Waals surface area (Å²) in [6.45, 7) is -1.25. The van der Waals surface area contributed by atoms with Crippen LogP contribution < -0.4 is 26.4 Å². The zero-order valence-electron chi connectivity index (χ0n) is 33.0. The second kappa shape index (κ2) is 19.2. The molecule has 0 aliphatic rings. The number of esters is 1. The van der Waals surface area contributed by atoms with E-state index in [2.05, 4.69) is 4.74 Å². The van der Waals surface area contributed by atoms with Gasteiger partial charge in [0.2, 0.25) is 24.7 Å². The molecular formula is C43H15BF21NO3. The first-order valence-electron chi connectivity index (χ1n) is 18.4. The fourth-order valence-corrected chi connectivity index (χ4v) is 7.47. The smallest absolute Gasteiger partial charge is 0.406 e. The van der Waals surface area contributed by atoms with E-state index in [1.807, 2.05) is 24.3 Å². The molecule has 0 amide bonds. The normalized spacial score (nSPS) is 11.5. The molecule has 0 radical (unpaired) electrons.